The summed E-state index contributed by atoms with van der Waals surface area (Å²) in [4.78, 5) is 57.5. The topological polar surface area (TPSA) is 145 Å². The Kier molecular flexibility index (Phi) is 10.2. The molecule has 1 saturated carbocycles. The Bertz CT molecular complexity index is 1470. The highest BCUT2D eigenvalue weighted by Gasteiger charge is 2.62. The number of nitrogens with one attached hydrogen (secondary N) is 2. The molecule has 1 aromatic heterocycles. The Hall–Kier alpha value is -3.74. The number of allylic oxidation sites excluding steroid dienone is 1. The van der Waals surface area contributed by atoms with Crippen LogP contribution in [0.4, 0.5) is 4.79 Å². The number of esters is 1. The second kappa shape index (κ2) is 13.9. The SMILES string of the molecule is CCOC(=O)[C@@]12CC1/C=C\CCCCC[C@H](NC(=O)OC(C)(C)C)C(=O)N1CC(n3nc(Br)c(-c4ccccc4)n3)C[C@H]1C(=O)N2. The molecule has 0 bridgehead atoms. The molecule has 1 saturated heterocycles. The van der Waals surface area contributed by atoms with E-state index in [4.69, 9.17) is 14.6 Å². The summed E-state index contributed by atoms with van der Waals surface area (Å²) in [6.45, 7) is 7.32. The standard InChI is InChI=1S/C33H43BrN6O6/c1-5-45-30(43)33-19-22(33)16-12-7-6-8-13-17-24(35-31(44)46-32(2,3)4)29(42)39-20-23(18-25(39)28(41)36-33)40-37-26(27(34)38-40)21-14-10-9-11-15-21/h9-12,14-16,22-25H,5-8,13,17-20H2,1-4H3,(H,35,44)(H,36,41)/b16-12-/t22?,23?,24-,25-,33+/m0/s1. The van der Waals surface area contributed by atoms with Crippen LogP contribution in [0.1, 0.15) is 78.7 Å². The largest absolute Gasteiger partial charge is 0.464 e. The van der Waals surface area contributed by atoms with Crippen LogP contribution in [0.2, 0.25) is 0 Å². The van der Waals surface area contributed by atoms with E-state index in [-0.39, 0.29) is 25.5 Å². The van der Waals surface area contributed by atoms with Gasteiger partial charge in [-0.15, -0.1) is 5.10 Å². The maximum absolute atomic E-state index is 14.3. The van der Waals surface area contributed by atoms with E-state index >= 15 is 0 Å². The van der Waals surface area contributed by atoms with E-state index in [1.54, 1.807) is 32.5 Å². The van der Waals surface area contributed by atoms with E-state index in [1.807, 2.05) is 42.5 Å². The summed E-state index contributed by atoms with van der Waals surface area (Å²) >= 11 is 3.52. The van der Waals surface area contributed by atoms with Gasteiger partial charge < -0.3 is 25.0 Å². The maximum Gasteiger partial charge on any atom is 0.408 e. The van der Waals surface area contributed by atoms with E-state index in [1.165, 1.54) is 4.90 Å². The monoisotopic (exact) mass is 698 g/mol. The second-order valence-corrected chi connectivity index (χ2v) is 13.9. The zero-order chi connectivity index (χ0) is 33.1. The summed E-state index contributed by atoms with van der Waals surface area (Å²) < 4.78 is 11.4. The molecule has 2 unspecified atom stereocenters. The highest BCUT2D eigenvalue weighted by Crippen LogP contribution is 2.46. The van der Waals surface area contributed by atoms with Gasteiger partial charge in [0, 0.05) is 24.4 Å². The molecule has 1 aromatic carbocycles. The minimum Gasteiger partial charge on any atom is -0.464 e. The number of halogens is 1. The normalized spacial score (nSPS) is 27.7. The number of carbonyl (C=O) groups is 4. The molecular formula is C33H43BrN6O6. The van der Waals surface area contributed by atoms with Crippen LogP contribution < -0.4 is 10.6 Å². The zero-order valence-electron chi connectivity index (χ0n) is 26.8. The van der Waals surface area contributed by atoms with Crippen LogP contribution in [-0.4, -0.2) is 80.1 Å². The van der Waals surface area contributed by atoms with E-state index in [2.05, 4.69) is 31.7 Å². The van der Waals surface area contributed by atoms with Crippen molar-refractivity contribution in [1.29, 1.82) is 0 Å². The fourth-order valence-corrected chi connectivity index (χ4v) is 6.65. The lowest BCUT2D eigenvalue weighted by Crippen LogP contribution is -2.56. The van der Waals surface area contributed by atoms with Gasteiger partial charge >= 0.3 is 12.1 Å². The second-order valence-electron chi connectivity index (χ2n) is 13.2. The van der Waals surface area contributed by atoms with Crippen LogP contribution in [0.15, 0.2) is 47.1 Å². The molecule has 5 atom stereocenters. The zero-order valence-corrected chi connectivity index (χ0v) is 28.4. The van der Waals surface area contributed by atoms with E-state index in [9.17, 15) is 19.2 Å². The van der Waals surface area contributed by atoms with Gasteiger partial charge in [0.05, 0.1) is 12.6 Å². The van der Waals surface area contributed by atoms with Crippen molar-refractivity contribution in [1.82, 2.24) is 30.5 Å². The van der Waals surface area contributed by atoms with E-state index in [0.29, 0.717) is 29.6 Å². The molecule has 0 spiro atoms. The summed E-state index contributed by atoms with van der Waals surface area (Å²) in [6, 6.07) is 7.30. The van der Waals surface area contributed by atoms with Gasteiger partial charge in [-0.3, -0.25) is 9.59 Å². The molecule has 2 aromatic rings. The minimum absolute atomic E-state index is 0.133. The fourth-order valence-electron chi connectivity index (χ4n) is 6.18. The van der Waals surface area contributed by atoms with Gasteiger partial charge in [0.1, 0.15) is 28.9 Å². The molecule has 248 valence electrons. The summed E-state index contributed by atoms with van der Waals surface area (Å²) in [5.74, 6) is -1.53. The first-order chi connectivity index (χ1) is 21.9. The van der Waals surface area contributed by atoms with Gasteiger partial charge in [-0.1, -0.05) is 55.3 Å². The molecular weight excluding hydrogens is 656 g/mol. The molecule has 2 aliphatic heterocycles. The number of hydrogen-bond donors (Lipinski definition) is 2. The molecule has 2 fully saturated rings. The molecule has 13 heteroatoms. The van der Waals surface area contributed by atoms with Crippen LogP contribution in [-0.2, 0) is 23.9 Å². The molecule has 46 heavy (non-hydrogen) atoms. The number of alkyl carbamates (subject to hydrolysis) is 1. The van der Waals surface area contributed by atoms with Gasteiger partial charge in [0.15, 0.2) is 4.60 Å². The van der Waals surface area contributed by atoms with Crippen LogP contribution in [0, 0.1) is 5.92 Å². The van der Waals surface area contributed by atoms with Crippen molar-refractivity contribution >= 4 is 39.8 Å². The number of ether oxygens (including phenoxy) is 2. The lowest BCUT2D eigenvalue weighted by Gasteiger charge is -2.30. The molecule has 1 aliphatic carbocycles. The lowest BCUT2D eigenvalue weighted by molar-refractivity contribution is -0.150. The smallest absolute Gasteiger partial charge is 0.408 e. The Labute approximate surface area is 277 Å². The first kappa shape index (κ1) is 33.6. The maximum atomic E-state index is 14.3. The third-order valence-electron chi connectivity index (χ3n) is 8.55. The average molecular weight is 700 g/mol. The Morgan fingerprint density at radius 2 is 1.89 bits per heavy atom. The van der Waals surface area contributed by atoms with Gasteiger partial charge in [-0.25, -0.2) is 9.59 Å². The Morgan fingerprint density at radius 1 is 1.13 bits per heavy atom. The van der Waals surface area contributed by atoms with Crippen LogP contribution >= 0.6 is 15.9 Å². The van der Waals surface area contributed by atoms with Crippen LogP contribution in [0.25, 0.3) is 11.3 Å². The van der Waals surface area contributed by atoms with E-state index in [0.717, 1.165) is 24.8 Å². The number of carbonyl (C=O) groups excluding carboxylic acids is 4. The Morgan fingerprint density at radius 3 is 2.61 bits per heavy atom. The van der Waals surface area contributed by atoms with Gasteiger partial charge in [-0.2, -0.15) is 9.90 Å². The van der Waals surface area contributed by atoms with Gasteiger partial charge in [0.25, 0.3) is 0 Å². The third kappa shape index (κ3) is 7.62. The number of nitrogens with zero attached hydrogens (tertiary/aromatic N) is 4. The predicted octanol–water partition coefficient (Wildman–Crippen LogP) is 4.70. The molecule has 2 N–H and O–H groups in total. The lowest BCUT2D eigenvalue weighted by atomic mass is 10.0. The van der Waals surface area contributed by atoms with Crippen LogP contribution in [0.5, 0.6) is 0 Å². The first-order valence-corrected chi connectivity index (χ1v) is 16.8. The number of aromatic nitrogens is 3. The third-order valence-corrected chi connectivity index (χ3v) is 9.08. The van der Waals surface area contributed by atoms with Gasteiger partial charge in [-0.05, 0) is 69.3 Å². The number of amides is 3. The van der Waals surface area contributed by atoms with Crippen molar-refractivity contribution in [2.75, 3.05) is 13.2 Å². The summed E-state index contributed by atoms with van der Waals surface area (Å²) in [6.07, 6.45) is 7.57. The highest BCUT2D eigenvalue weighted by molar-refractivity contribution is 9.10. The average Bonchev–Trinajstić information content (AvgIpc) is 3.31. The summed E-state index contributed by atoms with van der Waals surface area (Å²) in [7, 11) is 0. The molecule has 0 radical (unpaired) electrons. The van der Waals surface area contributed by atoms with E-state index < -0.39 is 53.1 Å². The van der Waals surface area contributed by atoms with Crippen molar-refractivity contribution in [2.24, 2.45) is 5.92 Å². The Balaban J connectivity index is 1.47. The molecule has 3 amide bonds. The molecule has 12 nitrogen and oxygen atoms in total. The minimum atomic E-state index is -1.18. The van der Waals surface area contributed by atoms with Crippen molar-refractivity contribution in [2.45, 2.75) is 102 Å². The molecule has 5 rings (SSSR count). The number of benzene rings is 1. The summed E-state index contributed by atoms with van der Waals surface area (Å²) in [5.41, 5.74) is -0.427. The van der Waals surface area contributed by atoms with Crippen LogP contribution in [0.3, 0.4) is 0 Å². The summed E-state index contributed by atoms with van der Waals surface area (Å²) in [5, 5.41) is 15.1. The number of fused-ring (bicyclic) bond motifs is 2. The highest BCUT2D eigenvalue weighted by atomic mass is 79.9. The van der Waals surface area contributed by atoms with Crippen molar-refractivity contribution < 1.29 is 28.7 Å². The molecule has 3 heterocycles. The molecule has 3 aliphatic rings. The quantitative estimate of drug-likeness (QED) is 0.338. The van der Waals surface area contributed by atoms with Crippen molar-refractivity contribution in [3.05, 3.63) is 47.1 Å². The van der Waals surface area contributed by atoms with Crippen molar-refractivity contribution in [3.63, 3.8) is 0 Å². The fraction of sp³-hybridized carbons (Fsp3) is 0.576. The number of hydrogen-bond acceptors (Lipinski definition) is 8. The van der Waals surface area contributed by atoms with Crippen molar-refractivity contribution in [3.8, 4) is 11.3 Å². The number of rotatable bonds is 5. The first-order valence-electron chi connectivity index (χ1n) is 16.1. The predicted molar refractivity (Wildman–Crippen MR) is 173 cm³/mol. The van der Waals surface area contributed by atoms with Gasteiger partial charge in [0.2, 0.25) is 11.8 Å².